The van der Waals surface area contributed by atoms with E-state index in [-0.39, 0.29) is 5.54 Å². The van der Waals surface area contributed by atoms with E-state index in [1.54, 1.807) is 0 Å². The number of halogens is 1. The van der Waals surface area contributed by atoms with Crippen molar-refractivity contribution < 1.29 is 9.47 Å². The second-order valence-corrected chi connectivity index (χ2v) is 5.34. The molecule has 0 spiro atoms. The van der Waals surface area contributed by atoms with Crippen LogP contribution in [0.1, 0.15) is 24.8 Å². The van der Waals surface area contributed by atoms with Crippen LogP contribution in [0, 0.1) is 0 Å². The molecule has 0 amide bonds. The second-order valence-electron chi connectivity index (χ2n) is 4.49. The molecule has 0 saturated heterocycles. The Balaban J connectivity index is 2.05. The highest BCUT2D eigenvalue weighted by molar-refractivity contribution is 9.10. The van der Waals surface area contributed by atoms with Crippen LogP contribution in [0.2, 0.25) is 0 Å². The van der Waals surface area contributed by atoms with Crippen molar-refractivity contribution in [2.45, 2.75) is 24.8 Å². The highest BCUT2D eigenvalue weighted by atomic mass is 79.9. The van der Waals surface area contributed by atoms with Gasteiger partial charge in [0.25, 0.3) is 0 Å². The van der Waals surface area contributed by atoms with Crippen molar-refractivity contribution in [2.24, 2.45) is 5.73 Å². The van der Waals surface area contributed by atoms with E-state index in [4.69, 9.17) is 15.2 Å². The molecule has 0 aromatic heterocycles. The van der Waals surface area contributed by atoms with Gasteiger partial charge in [-0.1, -0.05) is 15.9 Å². The monoisotopic (exact) mass is 283 g/mol. The van der Waals surface area contributed by atoms with Gasteiger partial charge in [-0.2, -0.15) is 0 Å². The number of ether oxygens (including phenoxy) is 2. The summed E-state index contributed by atoms with van der Waals surface area (Å²) in [5.41, 5.74) is 7.20. The standard InChI is InChI=1S/C12H14BrNO2/c13-9-7-11-10(15-4-1-5-16-11)6-8(9)12(14)2-3-12/h6-7H,1-5,14H2. The zero-order chi connectivity index (χ0) is 11.2. The third-order valence-corrected chi connectivity index (χ3v) is 3.82. The maximum atomic E-state index is 6.21. The Kier molecular flexibility index (Phi) is 2.37. The molecule has 1 heterocycles. The fourth-order valence-electron chi connectivity index (χ4n) is 1.97. The van der Waals surface area contributed by atoms with E-state index in [1.807, 2.05) is 12.1 Å². The summed E-state index contributed by atoms with van der Waals surface area (Å²) in [6.07, 6.45) is 3.02. The minimum atomic E-state index is -0.149. The van der Waals surface area contributed by atoms with Crippen LogP contribution >= 0.6 is 15.9 Å². The maximum Gasteiger partial charge on any atom is 0.162 e. The molecule has 4 heteroatoms. The highest BCUT2D eigenvalue weighted by Crippen LogP contribution is 2.48. The van der Waals surface area contributed by atoms with Crippen LogP contribution in [0.5, 0.6) is 11.5 Å². The summed E-state index contributed by atoms with van der Waals surface area (Å²) < 4.78 is 12.3. The smallest absolute Gasteiger partial charge is 0.162 e. The molecule has 3 rings (SSSR count). The molecule has 16 heavy (non-hydrogen) atoms. The van der Waals surface area contributed by atoms with Gasteiger partial charge in [-0.15, -0.1) is 0 Å². The van der Waals surface area contributed by atoms with Crippen LogP contribution < -0.4 is 15.2 Å². The van der Waals surface area contributed by atoms with Gasteiger partial charge in [0, 0.05) is 16.4 Å². The average molecular weight is 284 g/mol. The third-order valence-electron chi connectivity index (χ3n) is 3.16. The SMILES string of the molecule is NC1(c2cc3c(cc2Br)OCCCO3)CC1. The van der Waals surface area contributed by atoms with Crippen molar-refractivity contribution in [2.75, 3.05) is 13.2 Å². The van der Waals surface area contributed by atoms with Crippen LogP contribution in [0.15, 0.2) is 16.6 Å². The predicted octanol–water partition coefficient (Wildman–Crippen LogP) is 2.56. The second kappa shape index (κ2) is 3.64. The number of fused-ring (bicyclic) bond motifs is 1. The molecule has 3 nitrogen and oxygen atoms in total. The van der Waals surface area contributed by atoms with E-state index in [0.29, 0.717) is 13.2 Å². The molecule has 0 unspecified atom stereocenters. The van der Waals surface area contributed by atoms with E-state index in [2.05, 4.69) is 15.9 Å². The van der Waals surface area contributed by atoms with Gasteiger partial charge in [0.2, 0.25) is 0 Å². The number of nitrogens with two attached hydrogens (primary N) is 1. The molecule has 2 aliphatic rings. The maximum absolute atomic E-state index is 6.21. The lowest BCUT2D eigenvalue weighted by atomic mass is 10.1. The molecule has 1 aromatic carbocycles. The zero-order valence-corrected chi connectivity index (χ0v) is 10.5. The zero-order valence-electron chi connectivity index (χ0n) is 8.96. The van der Waals surface area contributed by atoms with Crippen molar-refractivity contribution in [1.29, 1.82) is 0 Å². The lowest BCUT2D eigenvalue weighted by molar-refractivity contribution is 0.297. The minimum absolute atomic E-state index is 0.149. The molecule has 1 saturated carbocycles. The van der Waals surface area contributed by atoms with Gasteiger partial charge in [0.1, 0.15) is 0 Å². The lowest BCUT2D eigenvalue weighted by Gasteiger charge is -2.15. The quantitative estimate of drug-likeness (QED) is 0.862. The number of rotatable bonds is 1. The van der Waals surface area contributed by atoms with Crippen molar-refractivity contribution >= 4 is 15.9 Å². The first-order valence-corrected chi connectivity index (χ1v) is 6.37. The molecule has 0 radical (unpaired) electrons. The van der Waals surface area contributed by atoms with E-state index in [9.17, 15) is 0 Å². The minimum Gasteiger partial charge on any atom is -0.490 e. The Morgan fingerprint density at radius 3 is 2.38 bits per heavy atom. The molecule has 0 bridgehead atoms. The Morgan fingerprint density at radius 2 is 1.75 bits per heavy atom. The van der Waals surface area contributed by atoms with Crippen LogP contribution in [-0.2, 0) is 5.54 Å². The highest BCUT2D eigenvalue weighted by Gasteiger charge is 2.42. The molecular weight excluding hydrogens is 270 g/mol. The Bertz CT molecular complexity index is 429. The van der Waals surface area contributed by atoms with Gasteiger partial charge in [-0.25, -0.2) is 0 Å². The molecule has 86 valence electrons. The van der Waals surface area contributed by atoms with Gasteiger partial charge < -0.3 is 15.2 Å². The summed E-state index contributed by atoms with van der Waals surface area (Å²) in [5, 5.41) is 0. The Morgan fingerprint density at radius 1 is 1.12 bits per heavy atom. The molecule has 1 aliphatic carbocycles. The van der Waals surface area contributed by atoms with Gasteiger partial charge in [0.05, 0.1) is 13.2 Å². The van der Waals surface area contributed by atoms with Crippen molar-refractivity contribution in [3.63, 3.8) is 0 Å². The molecule has 1 fully saturated rings. The van der Waals surface area contributed by atoms with Gasteiger partial charge in [-0.05, 0) is 30.5 Å². The lowest BCUT2D eigenvalue weighted by Crippen LogP contribution is -2.19. The summed E-state index contributed by atoms with van der Waals surface area (Å²) >= 11 is 3.56. The summed E-state index contributed by atoms with van der Waals surface area (Å²) in [6, 6.07) is 4.00. The molecule has 1 aromatic rings. The van der Waals surface area contributed by atoms with E-state index in [0.717, 1.165) is 40.8 Å². The summed E-state index contributed by atoms with van der Waals surface area (Å²) in [4.78, 5) is 0. The van der Waals surface area contributed by atoms with E-state index in [1.165, 1.54) is 0 Å². The Labute approximate surface area is 103 Å². The fraction of sp³-hybridized carbons (Fsp3) is 0.500. The van der Waals surface area contributed by atoms with Crippen LogP contribution in [0.4, 0.5) is 0 Å². The number of hydrogen-bond acceptors (Lipinski definition) is 3. The van der Waals surface area contributed by atoms with Gasteiger partial charge >= 0.3 is 0 Å². The third kappa shape index (κ3) is 1.70. The largest absolute Gasteiger partial charge is 0.490 e. The average Bonchev–Trinajstić information content (AvgIpc) is 3.01. The van der Waals surface area contributed by atoms with Gasteiger partial charge in [-0.3, -0.25) is 0 Å². The van der Waals surface area contributed by atoms with E-state index >= 15 is 0 Å². The van der Waals surface area contributed by atoms with Crippen LogP contribution in [-0.4, -0.2) is 13.2 Å². The van der Waals surface area contributed by atoms with Crippen molar-refractivity contribution in [1.82, 2.24) is 0 Å². The summed E-state index contributed by atoms with van der Waals surface area (Å²) in [5.74, 6) is 1.64. The first-order chi connectivity index (χ1) is 7.69. The van der Waals surface area contributed by atoms with E-state index < -0.39 is 0 Å². The summed E-state index contributed by atoms with van der Waals surface area (Å²) in [6.45, 7) is 1.43. The summed E-state index contributed by atoms with van der Waals surface area (Å²) in [7, 11) is 0. The Hall–Kier alpha value is -0.740. The van der Waals surface area contributed by atoms with Gasteiger partial charge in [0.15, 0.2) is 11.5 Å². The molecule has 1 aliphatic heterocycles. The predicted molar refractivity (Wildman–Crippen MR) is 64.8 cm³/mol. The number of hydrogen-bond donors (Lipinski definition) is 1. The van der Waals surface area contributed by atoms with Crippen molar-refractivity contribution in [3.8, 4) is 11.5 Å². The van der Waals surface area contributed by atoms with Crippen LogP contribution in [0.25, 0.3) is 0 Å². The molecule has 2 N–H and O–H groups in total. The topological polar surface area (TPSA) is 44.5 Å². The molecule has 0 atom stereocenters. The van der Waals surface area contributed by atoms with Crippen molar-refractivity contribution in [3.05, 3.63) is 22.2 Å². The first-order valence-electron chi connectivity index (χ1n) is 5.58. The first kappa shape index (κ1) is 10.4. The normalized spacial score (nSPS) is 21.4. The molecular formula is C12H14BrNO2. The fourth-order valence-corrected chi connectivity index (χ4v) is 2.69. The van der Waals surface area contributed by atoms with Crippen LogP contribution in [0.3, 0.4) is 0 Å². The number of benzene rings is 1.